The molecular weight excluding hydrogens is 186 g/mol. The van der Waals surface area contributed by atoms with Crippen molar-refractivity contribution < 1.29 is 0 Å². The monoisotopic (exact) mass is 201 g/mol. The first-order valence-electron chi connectivity index (χ1n) is 5.28. The lowest BCUT2D eigenvalue weighted by molar-refractivity contribution is 0.589. The van der Waals surface area contributed by atoms with Crippen molar-refractivity contribution in [3.8, 4) is 0 Å². The number of benzene rings is 1. The molecule has 0 aromatic heterocycles. The van der Waals surface area contributed by atoms with Crippen molar-refractivity contribution in [2.45, 2.75) is 6.54 Å². The maximum Gasteiger partial charge on any atom is 0.239 e. The molecular formula is C12H15N3. The van der Waals surface area contributed by atoms with Gasteiger partial charge >= 0.3 is 0 Å². The highest BCUT2D eigenvalue weighted by atomic mass is 15.2. The van der Waals surface area contributed by atoms with Crippen LogP contribution in [0.2, 0.25) is 0 Å². The Kier molecular flexibility index (Phi) is 3.21. The Morgan fingerprint density at radius 2 is 1.87 bits per heavy atom. The summed E-state index contributed by atoms with van der Waals surface area (Å²) in [4.78, 5) is 5.75. The van der Waals surface area contributed by atoms with Gasteiger partial charge in [-0.05, 0) is 24.3 Å². The fraction of sp³-hybridized carbons (Fsp3) is 0.417. The quantitative estimate of drug-likeness (QED) is 0.732. The third kappa shape index (κ3) is 2.48. The molecule has 0 unspecified atom stereocenters. The van der Waals surface area contributed by atoms with Crippen molar-refractivity contribution in [1.29, 1.82) is 0 Å². The normalized spacial score (nSPS) is 16.1. The van der Waals surface area contributed by atoms with Crippen LogP contribution in [0.25, 0.3) is 4.85 Å². The fourth-order valence-corrected chi connectivity index (χ4v) is 1.83. The van der Waals surface area contributed by atoms with Crippen molar-refractivity contribution in [2.75, 3.05) is 31.1 Å². The van der Waals surface area contributed by atoms with Crippen LogP contribution in [0.3, 0.4) is 0 Å². The van der Waals surface area contributed by atoms with Crippen LogP contribution in [0.1, 0.15) is 5.56 Å². The summed E-state index contributed by atoms with van der Waals surface area (Å²) in [7, 11) is 0. The number of rotatable bonds is 2. The molecule has 1 heterocycles. The van der Waals surface area contributed by atoms with Gasteiger partial charge in [0.25, 0.3) is 0 Å². The second-order valence-corrected chi connectivity index (χ2v) is 3.72. The second-order valence-electron chi connectivity index (χ2n) is 3.72. The largest absolute Gasteiger partial charge is 0.369 e. The number of hydrogen-bond donors (Lipinski definition) is 1. The molecule has 0 aliphatic carbocycles. The SMILES string of the molecule is [C-]#[N+]Cc1ccc(N2CCNCC2)cc1. The van der Waals surface area contributed by atoms with E-state index in [9.17, 15) is 0 Å². The summed E-state index contributed by atoms with van der Waals surface area (Å²) in [6.45, 7) is 11.5. The van der Waals surface area contributed by atoms with Gasteiger partial charge in [0.1, 0.15) is 0 Å². The van der Waals surface area contributed by atoms with Crippen molar-refractivity contribution >= 4 is 5.69 Å². The number of anilines is 1. The van der Waals surface area contributed by atoms with Crippen LogP contribution < -0.4 is 10.2 Å². The molecule has 3 heteroatoms. The fourth-order valence-electron chi connectivity index (χ4n) is 1.83. The molecule has 1 fully saturated rings. The van der Waals surface area contributed by atoms with Crippen LogP contribution in [-0.2, 0) is 6.54 Å². The van der Waals surface area contributed by atoms with E-state index < -0.39 is 0 Å². The van der Waals surface area contributed by atoms with Gasteiger partial charge < -0.3 is 15.1 Å². The Morgan fingerprint density at radius 1 is 1.20 bits per heavy atom. The van der Waals surface area contributed by atoms with Gasteiger partial charge in [-0.15, -0.1) is 0 Å². The first-order chi connectivity index (χ1) is 7.40. The van der Waals surface area contributed by atoms with Gasteiger partial charge in [-0.25, -0.2) is 6.57 Å². The van der Waals surface area contributed by atoms with Crippen LogP contribution in [0.15, 0.2) is 24.3 Å². The maximum atomic E-state index is 6.80. The highest BCUT2D eigenvalue weighted by Crippen LogP contribution is 2.16. The molecule has 1 aliphatic rings. The Labute approximate surface area is 90.5 Å². The van der Waals surface area contributed by atoms with E-state index in [1.54, 1.807) is 0 Å². The lowest BCUT2D eigenvalue weighted by atomic mass is 10.2. The van der Waals surface area contributed by atoms with Crippen molar-refractivity contribution in [3.05, 3.63) is 41.2 Å². The minimum atomic E-state index is 0.488. The zero-order valence-electron chi connectivity index (χ0n) is 8.74. The standard InChI is InChI=1S/C12H15N3/c1-13-10-11-2-4-12(5-3-11)15-8-6-14-7-9-15/h2-5,14H,6-10H2. The van der Waals surface area contributed by atoms with Crippen LogP contribution >= 0.6 is 0 Å². The zero-order chi connectivity index (χ0) is 10.5. The van der Waals surface area contributed by atoms with E-state index in [1.165, 1.54) is 5.69 Å². The number of nitrogens with one attached hydrogen (secondary N) is 1. The van der Waals surface area contributed by atoms with E-state index in [0.29, 0.717) is 6.54 Å². The highest BCUT2D eigenvalue weighted by Gasteiger charge is 2.09. The first kappa shape index (κ1) is 10.0. The van der Waals surface area contributed by atoms with Gasteiger partial charge in [0, 0.05) is 37.4 Å². The molecule has 1 saturated heterocycles. The molecule has 1 N–H and O–H groups in total. The van der Waals surface area contributed by atoms with Crippen LogP contribution in [0, 0.1) is 6.57 Å². The van der Waals surface area contributed by atoms with Crippen LogP contribution in [0.5, 0.6) is 0 Å². The molecule has 1 aromatic rings. The molecule has 0 saturated carbocycles. The summed E-state index contributed by atoms with van der Waals surface area (Å²) in [5.74, 6) is 0. The Hall–Kier alpha value is -1.53. The molecule has 0 amide bonds. The van der Waals surface area contributed by atoms with E-state index in [4.69, 9.17) is 6.57 Å². The average molecular weight is 201 g/mol. The molecule has 1 aromatic carbocycles. The second kappa shape index (κ2) is 4.81. The molecule has 0 spiro atoms. The minimum Gasteiger partial charge on any atom is -0.369 e. The predicted molar refractivity (Wildman–Crippen MR) is 61.8 cm³/mol. The summed E-state index contributed by atoms with van der Waals surface area (Å²) in [6, 6.07) is 8.34. The average Bonchev–Trinajstić information content (AvgIpc) is 2.32. The number of nitrogens with zero attached hydrogens (tertiary/aromatic N) is 2. The third-order valence-electron chi connectivity index (χ3n) is 2.68. The summed E-state index contributed by atoms with van der Waals surface area (Å²) >= 11 is 0. The van der Waals surface area contributed by atoms with Crippen molar-refractivity contribution in [2.24, 2.45) is 0 Å². The molecule has 15 heavy (non-hydrogen) atoms. The van der Waals surface area contributed by atoms with E-state index in [2.05, 4.69) is 39.3 Å². The topological polar surface area (TPSA) is 19.6 Å². The summed E-state index contributed by atoms with van der Waals surface area (Å²) < 4.78 is 0. The van der Waals surface area contributed by atoms with E-state index in [-0.39, 0.29) is 0 Å². The van der Waals surface area contributed by atoms with E-state index in [1.807, 2.05) is 0 Å². The van der Waals surface area contributed by atoms with Gasteiger partial charge in [-0.2, -0.15) is 0 Å². The lowest BCUT2D eigenvalue weighted by Gasteiger charge is -2.29. The molecule has 1 aliphatic heterocycles. The Bertz CT molecular complexity index is 344. The first-order valence-corrected chi connectivity index (χ1v) is 5.28. The van der Waals surface area contributed by atoms with E-state index in [0.717, 1.165) is 31.7 Å². The van der Waals surface area contributed by atoms with Gasteiger partial charge in [-0.1, -0.05) is 0 Å². The smallest absolute Gasteiger partial charge is 0.239 e. The van der Waals surface area contributed by atoms with Crippen molar-refractivity contribution in [1.82, 2.24) is 5.32 Å². The van der Waals surface area contributed by atoms with Crippen LogP contribution in [-0.4, -0.2) is 26.2 Å². The molecule has 3 nitrogen and oxygen atoms in total. The molecule has 2 rings (SSSR count). The minimum absolute atomic E-state index is 0.488. The van der Waals surface area contributed by atoms with Gasteiger partial charge in [0.15, 0.2) is 0 Å². The summed E-state index contributed by atoms with van der Waals surface area (Å²) in [5, 5.41) is 3.33. The van der Waals surface area contributed by atoms with E-state index >= 15 is 0 Å². The van der Waals surface area contributed by atoms with Gasteiger partial charge in [-0.3, -0.25) is 0 Å². The molecule has 78 valence electrons. The van der Waals surface area contributed by atoms with Crippen LogP contribution in [0.4, 0.5) is 5.69 Å². The Morgan fingerprint density at radius 3 is 2.47 bits per heavy atom. The third-order valence-corrected chi connectivity index (χ3v) is 2.68. The summed E-state index contributed by atoms with van der Waals surface area (Å²) in [5.41, 5.74) is 2.37. The van der Waals surface area contributed by atoms with Gasteiger partial charge in [0.2, 0.25) is 6.54 Å². The molecule has 0 bridgehead atoms. The Balaban J connectivity index is 2.05. The maximum absolute atomic E-state index is 6.80. The highest BCUT2D eigenvalue weighted by molar-refractivity contribution is 5.48. The molecule has 0 radical (unpaired) electrons. The lowest BCUT2D eigenvalue weighted by Crippen LogP contribution is -2.43. The number of hydrogen-bond acceptors (Lipinski definition) is 2. The van der Waals surface area contributed by atoms with Gasteiger partial charge in [0.05, 0.1) is 0 Å². The zero-order valence-corrected chi connectivity index (χ0v) is 8.74. The predicted octanol–water partition coefficient (Wildman–Crippen LogP) is 1.52. The van der Waals surface area contributed by atoms with Crippen molar-refractivity contribution in [3.63, 3.8) is 0 Å². The molecule has 0 atom stereocenters. The number of piperazine rings is 1. The summed E-state index contributed by atoms with van der Waals surface area (Å²) in [6.07, 6.45) is 0.